The van der Waals surface area contributed by atoms with Gasteiger partial charge in [0.25, 0.3) is 5.91 Å². The summed E-state index contributed by atoms with van der Waals surface area (Å²) in [6.07, 6.45) is 0. The van der Waals surface area contributed by atoms with Crippen LogP contribution in [-0.4, -0.2) is 28.5 Å². The number of amides is 1. The second-order valence-corrected chi connectivity index (χ2v) is 7.03. The normalized spacial score (nSPS) is 12.5. The van der Waals surface area contributed by atoms with Gasteiger partial charge in [0.15, 0.2) is 0 Å². The molecule has 6 nitrogen and oxygen atoms in total. The van der Waals surface area contributed by atoms with Gasteiger partial charge in [-0.1, -0.05) is 30.3 Å². The summed E-state index contributed by atoms with van der Waals surface area (Å²) in [6, 6.07) is 13.6. The highest BCUT2D eigenvalue weighted by Crippen LogP contribution is 2.25. The van der Waals surface area contributed by atoms with Crippen molar-refractivity contribution in [3.8, 4) is 5.75 Å². The molecule has 0 spiro atoms. The van der Waals surface area contributed by atoms with Crippen LogP contribution in [0.5, 0.6) is 5.75 Å². The molecule has 128 valence electrons. The number of ether oxygens (including phenoxy) is 1. The predicted molar refractivity (Wildman–Crippen MR) is 91.6 cm³/mol. The lowest BCUT2D eigenvalue weighted by Gasteiger charge is -2.15. The Bertz CT molecular complexity index is 820. The van der Waals surface area contributed by atoms with E-state index in [1.54, 1.807) is 0 Å². The minimum absolute atomic E-state index is 0.0764. The molecule has 24 heavy (non-hydrogen) atoms. The molecule has 2 N–H and O–H groups in total. The monoisotopic (exact) mass is 348 g/mol. The highest BCUT2D eigenvalue weighted by Gasteiger charge is 2.20. The molecule has 0 saturated heterocycles. The maximum atomic E-state index is 12.4. The molecule has 1 amide bonds. The van der Waals surface area contributed by atoms with E-state index in [2.05, 4.69) is 10.0 Å². The molecule has 0 aromatic heterocycles. The van der Waals surface area contributed by atoms with E-state index in [4.69, 9.17) is 4.74 Å². The Morgan fingerprint density at radius 2 is 1.79 bits per heavy atom. The topological polar surface area (TPSA) is 84.5 Å². The van der Waals surface area contributed by atoms with Crippen LogP contribution in [0.15, 0.2) is 53.4 Å². The molecule has 2 aromatic carbocycles. The van der Waals surface area contributed by atoms with Gasteiger partial charge in [-0.3, -0.25) is 4.79 Å². The fraction of sp³-hybridized carbons (Fsp3) is 0.235. The number of carbonyl (C=O) groups excluding carboxylic acids is 1. The van der Waals surface area contributed by atoms with Crippen molar-refractivity contribution in [2.45, 2.75) is 17.9 Å². The van der Waals surface area contributed by atoms with Crippen LogP contribution in [0.25, 0.3) is 0 Å². The zero-order valence-corrected chi connectivity index (χ0v) is 14.6. The molecule has 0 aliphatic heterocycles. The van der Waals surface area contributed by atoms with Crippen molar-refractivity contribution in [1.82, 2.24) is 10.0 Å². The summed E-state index contributed by atoms with van der Waals surface area (Å²) in [7, 11) is -1.05. The maximum absolute atomic E-state index is 12.4. The summed E-state index contributed by atoms with van der Waals surface area (Å²) in [5.74, 6) is -0.182. The van der Waals surface area contributed by atoms with E-state index in [9.17, 15) is 13.2 Å². The molecule has 0 unspecified atom stereocenters. The van der Waals surface area contributed by atoms with Gasteiger partial charge >= 0.3 is 0 Å². The molecule has 0 bridgehead atoms. The largest absolute Gasteiger partial charge is 0.495 e. The highest BCUT2D eigenvalue weighted by molar-refractivity contribution is 7.89. The molecule has 0 aliphatic carbocycles. The number of benzene rings is 2. The van der Waals surface area contributed by atoms with E-state index < -0.39 is 10.0 Å². The Hall–Kier alpha value is -2.38. The second-order valence-electron chi connectivity index (χ2n) is 5.18. The van der Waals surface area contributed by atoms with Crippen LogP contribution in [-0.2, 0) is 10.0 Å². The molecular formula is C17H20N2O4S. The van der Waals surface area contributed by atoms with Gasteiger partial charge in [-0.25, -0.2) is 13.1 Å². The first-order valence-electron chi connectivity index (χ1n) is 7.36. The minimum atomic E-state index is -3.73. The molecule has 0 radical (unpaired) electrons. The number of hydrogen-bond donors (Lipinski definition) is 2. The summed E-state index contributed by atoms with van der Waals surface area (Å²) in [6.45, 7) is 1.86. The van der Waals surface area contributed by atoms with E-state index in [1.165, 1.54) is 32.4 Å². The van der Waals surface area contributed by atoms with Crippen molar-refractivity contribution in [3.05, 3.63) is 59.7 Å². The van der Waals surface area contributed by atoms with Crippen LogP contribution >= 0.6 is 0 Å². The molecule has 1 atom stereocenters. The lowest BCUT2D eigenvalue weighted by molar-refractivity contribution is 0.0939. The standard InChI is InChI=1S/C17H20N2O4S/c1-12(13-7-5-4-6-8-13)19-17(20)14-9-10-15(23-3)16(11-14)24(21,22)18-2/h4-12,18H,1-3H3,(H,19,20)/t12-/m0/s1. The maximum Gasteiger partial charge on any atom is 0.251 e. The Morgan fingerprint density at radius 3 is 2.38 bits per heavy atom. The smallest absolute Gasteiger partial charge is 0.251 e. The van der Waals surface area contributed by atoms with E-state index >= 15 is 0 Å². The average molecular weight is 348 g/mol. The lowest BCUT2D eigenvalue weighted by atomic mass is 10.1. The van der Waals surface area contributed by atoms with E-state index in [-0.39, 0.29) is 28.2 Å². The molecule has 0 fully saturated rings. The van der Waals surface area contributed by atoms with Crippen LogP contribution in [0.1, 0.15) is 28.9 Å². The fourth-order valence-electron chi connectivity index (χ4n) is 2.24. The number of nitrogens with one attached hydrogen (secondary N) is 2. The Labute approximate surface area is 141 Å². The Morgan fingerprint density at radius 1 is 1.12 bits per heavy atom. The Kier molecular flexibility index (Phi) is 5.58. The van der Waals surface area contributed by atoms with Crippen molar-refractivity contribution in [1.29, 1.82) is 0 Å². The molecule has 0 saturated carbocycles. The van der Waals surface area contributed by atoms with Crippen molar-refractivity contribution in [2.75, 3.05) is 14.2 Å². The SMILES string of the molecule is CNS(=O)(=O)c1cc(C(=O)N[C@@H](C)c2ccccc2)ccc1OC. The Balaban J connectivity index is 2.29. The van der Waals surface area contributed by atoms with Crippen molar-refractivity contribution in [3.63, 3.8) is 0 Å². The van der Waals surface area contributed by atoms with Gasteiger partial charge in [0.2, 0.25) is 10.0 Å². The third-order valence-corrected chi connectivity index (χ3v) is 5.07. The number of sulfonamides is 1. The minimum Gasteiger partial charge on any atom is -0.495 e. The number of methoxy groups -OCH3 is 1. The van der Waals surface area contributed by atoms with E-state index in [0.717, 1.165) is 5.56 Å². The first-order valence-corrected chi connectivity index (χ1v) is 8.84. The van der Waals surface area contributed by atoms with Crippen molar-refractivity contribution < 1.29 is 17.9 Å². The number of carbonyl (C=O) groups is 1. The summed E-state index contributed by atoms with van der Waals surface area (Å²) in [5, 5.41) is 2.85. The van der Waals surface area contributed by atoms with E-state index in [1.807, 2.05) is 37.3 Å². The van der Waals surface area contributed by atoms with E-state index in [0.29, 0.717) is 0 Å². The third kappa shape index (κ3) is 3.93. The molecule has 0 aliphatic rings. The van der Waals surface area contributed by atoms with Crippen molar-refractivity contribution in [2.24, 2.45) is 0 Å². The molecular weight excluding hydrogens is 328 g/mol. The van der Waals surface area contributed by atoms with Gasteiger partial charge in [-0.05, 0) is 37.7 Å². The van der Waals surface area contributed by atoms with Gasteiger partial charge < -0.3 is 10.1 Å². The average Bonchev–Trinajstić information content (AvgIpc) is 2.61. The van der Waals surface area contributed by atoms with Crippen LogP contribution in [0.2, 0.25) is 0 Å². The summed E-state index contributed by atoms with van der Waals surface area (Å²) in [4.78, 5) is 12.4. The number of rotatable bonds is 6. The van der Waals surface area contributed by atoms with Crippen molar-refractivity contribution >= 4 is 15.9 Å². The quantitative estimate of drug-likeness (QED) is 0.837. The van der Waals surface area contributed by atoms with Gasteiger partial charge in [0, 0.05) is 5.56 Å². The van der Waals surface area contributed by atoms with Crippen LogP contribution in [0, 0.1) is 0 Å². The predicted octanol–water partition coefficient (Wildman–Crippen LogP) is 2.09. The zero-order chi connectivity index (χ0) is 17.7. The molecule has 2 rings (SSSR count). The fourth-order valence-corrected chi connectivity index (χ4v) is 3.16. The molecule has 0 heterocycles. The van der Waals surface area contributed by atoms with Crippen LogP contribution < -0.4 is 14.8 Å². The third-order valence-electron chi connectivity index (χ3n) is 3.63. The zero-order valence-electron chi connectivity index (χ0n) is 13.7. The second kappa shape index (κ2) is 7.46. The highest BCUT2D eigenvalue weighted by atomic mass is 32.2. The van der Waals surface area contributed by atoms with Crippen LogP contribution in [0.3, 0.4) is 0 Å². The van der Waals surface area contributed by atoms with Gasteiger partial charge in [0.1, 0.15) is 10.6 Å². The van der Waals surface area contributed by atoms with Gasteiger partial charge in [-0.2, -0.15) is 0 Å². The summed E-state index contributed by atoms with van der Waals surface area (Å²) in [5.41, 5.74) is 1.20. The number of hydrogen-bond acceptors (Lipinski definition) is 4. The molecule has 7 heteroatoms. The summed E-state index contributed by atoms with van der Waals surface area (Å²) >= 11 is 0. The lowest BCUT2D eigenvalue weighted by Crippen LogP contribution is -2.27. The first-order chi connectivity index (χ1) is 11.4. The van der Waals surface area contributed by atoms with Crippen LogP contribution in [0.4, 0.5) is 0 Å². The van der Waals surface area contributed by atoms with Gasteiger partial charge in [0.05, 0.1) is 13.2 Å². The first kappa shape index (κ1) is 18.0. The van der Waals surface area contributed by atoms with Gasteiger partial charge in [-0.15, -0.1) is 0 Å². The molecule has 2 aromatic rings. The summed E-state index contributed by atoms with van der Waals surface area (Å²) < 4.78 is 31.4.